The maximum absolute atomic E-state index is 13.3. The molecule has 0 spiro atoms. The van der Waals surface area contributed by atoms with E-state index in [1.54, 1.807) is 12.1 Å². The van der Waals surface area contributed by atoms with E-state index in [0.29, 0.717) is 18.0 Å². The van der Waals surface area contributed by atoms with Gasteiger partial charge in [-0.2, -0.15) is 0 Å². The van der Waals surface area contributed by atoms with E-state index in [1.807, 2.05) is 53.4 Å². The summed E-state index contributed by atoms with van der Waals surface area (Å²) >= 11 is 6.16. The van der Waals surface area contributed by atoms with E-state index in [1.165, 1.54) is 12.1 Å². The van der Waals surface area contributed by atoms with Crippen molar-refractivity contribution in [2.75, 3.05) is 4.90 Å². The molecule has 4 aromatic rings. The number of carbonyl (C=O) groups is 1. The lowest BCUT2D eigenvalue weighted by Gasteiger charge is -2.35. The largest absolute Gasteiger partial charge is 0.308 e. The van der Waals surface area contributed by atoms with Gasteiger partial charge in [0.05, 0.1) is 11.5 Å². The minimum Gasteiger partial charge on any atom is -0.308 e. The summed E-state index contributed by atoms with van der Waals surface area (Å²) in [5, 5.41) is 13.9. The van der Waals surface area contributed by atoms with Gasteiger partial charge in [0.25, 0.3) is 5.69 Å². The molecular weight excluding hydrogens is 424 g/mol. The second-order valence-corrected chi connectivity index (χ2v) is 8.37. The van der Waals surface area contributed by atoms with Crippen LogP contribution in [0.5, 0.6) is 0 Å². The molecule has 1 aliphatic rings. The Morgan fingerprint density at radius 2 is 1.75 bits per heavy atom. The van der Waals surface area contributed by atoms with Crippen molar-refractivity contribution in [1.29, 1.82) is 0 Å². The molecule has 0 aromatic heterocycles. The number of rotatable bonds is 4. The summed E-state index contributed by atoms with van der Waals surface area (Å²) in [4.78, 5) is 25.8. The van der Waals surface area contributed by atoms with Gasteiger partial charge in [0.2, 0.25) is 5.91 Å². The molecule has 1 aliphatic heterocycles. The Labute approximate surface area is 190 Å². The van der Waals surface area contributed by atoms with E-state index in [0.717, 1.165) is 33.2 Å². The molecule has 0 saturated carbocycles. The molecule has 0 aliphatic carbocycles. The van der Waals surface area contributed by atoms with Crippen LogP contribution in [-0.4, -0.2) is 10.8 Å². The summed E-state index contributed by atoms with van der Waals surface area (Å²) in [6, 6.07) is 26.2. The molecule has 6 heteroatoms. The fourth-order valence-corrected chi connectivity index (χ4v) is 4.72. The van der Waals surface area contributed by atoms with Gasteiger partial charge in [-0.1, -0.05) is 66.2 Å². The van der Waals surface area contributed by atoms with Crippen molar-refractivity contribution < 1.29 is 9.72 Å². The predicted octanol–water partition coefficient (Wildman–Crippen LogP) is 6.47. The minimum atomic E-state index is -0.411. The van der Waals surface area contributed by atoms with Crippen LogP contribution in [0.2, 0.25) is 5.02 Å². The summed E-state index contributed by atoms with van der Waals surface area (Å²) in [6.07, 6.45) is 0.291. The molecule has 1 amide bonds. The van der Waals surface area contributed by atoms with Crippen LogP contribution in [-0.2, 0) is 11.3 Å². The zero-order valence-corrected chi connectivity index (χ0v) is 17.8. The van der Waals surface area contributed by atoms with Gasteiger partial charge >= 0.3 is 0 Å². The lowest BCUT2D eigenvalue weighted by Crippen LogP contribution is -2.36. The Balaban J connectivity index is 1.65. The summed E-state index contributed by atoms with van der Waals surface area (Å²) in [5.74, 6) is -0.170. The lowest BCUT2D eigenvalue weighted by atomic mass is 9.81. The number of nitro groups is 1. The third kappa shape index (κ3) is 3.61. The lowest BCUT2D eigenvalue weighted by molar-refractivity contribution is -0.384. The number of anilines is 1. The normalized spacial score (nSPS) is 15.6. The van der Waals surface area contributed by atoms with Crippen LogP contribution in [0.3, 0.4) is 0 Å². The number of non-ortho nitro benzene ring substituents is 1. The molecule has 0 N–H and O–H groups in total. The molecule has 0 fully saturated rings. The molecule has 0 radical (unpaired) electrons. The molecule has 5 nitrogen and oxygen atoms in total. The van der Waals surface area contributed by atoms with Gasteiger partial charge < -0.3 is 4.90 Å². The highest BCUT2D eigenvalue weighted by molar-refractivity contribution is 6.30. The van der Waals surface area contributed by atoms with Crippen molar-refractivity contribution in [3.8, 4) is 0 Å². The number of hydrogen-bond acceptors (Lipinski definition) is 3. The van der Waals surface area contributed by atoms with Crippen molar-refractivity contribution in [3.05, 3.63) is 117 Å². The van der Waals surface area contributed by atoms with E-state index in [9.17, 15) is 14.9 Å². The fraction of sp³-hybridized carbons (Fsp3) is 0.115. The second kappa shape index (κ2) is 8.09. The highest BCUT2D eigenvalue weighted by atomic mass is 35.5. The summed E-state index contributed by atoms with van der Waals surface area (Å²) in [5.41, 5.74) is 3.82. The van der Waals surface area contributed by atoms with Crippen molar-refractivity contribution >= 4 is 39.7 Å². The number of benzene rings is 4. The quantitative estimate of drug-likeness (QED) is 0.269. The summed E-state index contributed by atoms with van der Waals surface area (Å²) in [7, 11) is 0. The van der Waals surface area contributed by atoms with Crippen LogP contribution in [0.1, 0.15) is 29.0 Å². The topological polar surface area (TPSA) is 63.4 Å². The van der Waals surface area contributed by atoms with Gasteiger partial charge in [-0.25, -0.2) is 0 Å². The van der Waals surface area contributed by atoms with Crippen LogP contribution in [0, 0.1) is 10.1 Å². The van der Waals surface area contributed by atoms with E-state index in [2.05, 4.69) is 12.1 Å². The van der Waals surface area contributed by atoms with Gasteiger partial charge in [-0.15, -0.1) is 0 Å². The Morgan fingerprint density at radius 1 is 0.969 bits per heavy atom. The monoisotopic (exact) mass is 442 g/mol. The average Bonchev–Trinajstić information content (AvgIpc) is 2.80. The van der Waals surface area contributed by atoms with Gasteiger partial charge in [0, 0.05) is 35.2 Å². The first-order valence-corrected chi connectivity index (χ1v) is 10.7. The number of halogens is 1. The SMILES string of the molecule is O=C1CC(c2ccc([N+](=O)[O-])cc2)c2c(ccc3ccccc23)N1Cc1cccc(Cl)c1. The van der Waals surface area contributed by atoms with Crippen molar-refractivity contribution in [3.63, 3.8) is 0 Å². The highest BCUT2D eigenvalue weighted by Crippen LogP contribution is 2.44. The van der Waals surface area contributed by atoms with Gasteiger partial charge in [0.1, 0.15) is 0 Å². The third-order valence-electron chi connectivity index (χ3n) is 6.00. The molecular formula is C26H19ClN2O3. The van der Waals surface area contributed by atoms with Gasteiger partial charge in [-0.3, -0.25) is 14.9 Å². The molecule has 0 bridgehead atoms. The molecule has 158 valence electrons. The Hall–Kier alpha value is -3.70. The van der Waals surface area contributed by atoms with E-state index >= 15 is 0 Å². The van der Waals surface area contributed by atoms with E-state index in [4.69, 9.17) is 11.6 Å². The number of amides is 1. The fourth-order valence-electron chi connectivity index (χ4n) is 4.51. The predicted molar refractivity (Wildman–Crippen MR) is 126 cm³/mol. The van der Waals surface area contributed by atoms with Crippen molar-refractivity contribution in [2.24, 2.45) is 0 Å². The van der Waals surface area contributed by atoms with Crippen LogP contribution in [0.4, 0.5) is 11.4 Å². The first-order chi connectivity index (χ1) is 15.5. The van der Waals surface area contributed by atoms with Crippen LogP contribution in [0.15, 0.2) is 84.9 Å². The Kier molecular flexibility index (Phi) is 5.11. The van der Waals surface area contributed by atoms with Gasteiger partial charge in [0.15, 0.2) is 0 Å². The zero-order valence-electron chi connectivity index (χ0n) is 17.1. The first-order valence-electron chi connectivity index (χ1n) is 10.3. The standard InChI is InChI=1S/C26H19ClN2O3/c27-20-6-3-4-17(14-20)16-28-24-13-10-18-5-1-2-7-22(18)26(24)23(15-25(28)30)19-8-11-21(12-9-19)29(31)32/h1-14,23H,15-16H2. The number of nitro benzene ring substituents is 1. The molecule has 32 heavy (non-hydrogen) atoms. The molecule has 4 aromatic carbocycles. The number of carbonyl (C=O) groups excluding carboxylic acids is 1. The number of nitrogens with zero attached hydrogens (tertiary/aromatic N) is 2. The maximum atomic E-state index is 13.3. The highest BCUT2D eigenvalue weighted by Gasteiger charge is 2.33. The Morgan fingerprint density at radius 3 is 2.50 bits per heavy atom. The van der Waals surface area contributed by atoms with Crippen molar-refractivity contribution in [2.45, 2.75) is 18.9 Å². The maximum Gasteiger partial charge on any atom is 0.269 e. The first kappa shape index (κ1) is 20.2. The third-order valence-corrected chi connectivity index (χ3v) is 6.24. The Bertz CT molecular complexity index is 1350. The van der Waals surface area contributed by atoms with Crippen LogP contribution >= 0.6 is 11.6 Å². The average molecular weight is 443 g/mol. The van der Waals surface area contributed by atoms with Crippen molar-refractivity contribution in [1.82, 2.24) is 0 Å². The molecule has 1 unspecified atom stereocenters. The molecule has 5 rings (SSSR count). The summed E-state index contributed by atoms with van der Waals surface area (Å²) in [6.45, 7) is 0.428. The van der Waals surface area contributed by atoms with Gasteiger partial charge in [-0.05, 0) is 45.7 Å². The number of fused-ring (bicyclic) bond motifs is 3. The molecule has 0 saturated heterocycles. The smallest absolute Gasteiger partial charge is 0.269 e. The van der Waals surface area contributed by atoms with E-state index in [-0.39, 0.29) is 17.5 Å². The van der Waals surface area contributed by atoms with E-state index < -0.39 is 4.92 Å². The summed E-state index contributed by atoms with van der Waals surface area (Å²) < 4.78 is 0. The molecule has 1 atom stereocenters. The zero-order chi connectivity index (χ0) is 22.2. The van der Waals surface area contributed by atoms with Crippen LogP contribution < -0.4 is 4.90 Å². The van der Waals surface area contributed by atoms with Crippen LogP contribution in [0.25, 0.3) is 10.8 Å². The minimum absolute atomic E-state index is 0.0103. The number of hydrogen-bond donors (Lipinski definition) is 0. The molecule has 1 heterocycles. The second-order valence-electron chi connectivity index (χ2n) is 7.93.